The molecule has 0 saturated carbocycles. The van der Waals surface area contributed by atoms with Gasteiger partial charge in [-0.25, -0.2) is 29.5 Å². The zero-order chi connectivity index (χ0) is 53.3. The van der Waals surface area contributed by atoms with Crippen LogP contribution >= 0.6 is 0 Å². The Bertz CT molecular complexity index is 2630. The minimum atomic E-state index is -0.870. The second-order valence-corrected chi connectivity index (χ2v) is 18.6. The summed E-state index contributed by atoms with van der Waals surface area (Å²) >= 11 is 0. The van der Waals surface area contributed by atoms with E-state index in [-0.39, 0.29) is 49.3 Å². The molecule has 6 aromatic rings. The molecule has 0 spiro atoms. The van der Waals surface area contributed by atoms with E-state index in [9.17, 15) is 19.2 Å². The Kier molecular flexibility index (Phi) is 19.9. The van der Waals surface area contributed by atoms with E-state index in [0.29, 0.717) is 64.0 Å². The predicted molar refractivity (Wildman–Crippen MR) is 279 cm³/mol. The number of nitrogens with zero attached hydrogens (tertiary/aromatic N) is 10. The third-order valence-electron chi connectivity index (χ3n) is 11.6. The van der Waals surface area contributed by atoms with Gasteiger partial charge < -0.3 is 50.8 Å². The van der Waals surface area contributed by atoms with Gasteiger partial charge in [-0.1, -0.05) is 24.3 Å². The molecule has 0 radical (unpaired) electrons. The van der Waals surface area contributed by atoms with Gasteiger partial charge in [-0.15, -0.1) is 0 Å². The number of ether oxygens (including phenoxy) is 2. The van der Waals surface area contributed by atoms with Gasteiger partial charge in [-0.2, -0.15) is 10.2 Å². The van der Waals surface area contributed by atoms with Crippen LogP contribution in [0.3, 0.4) is 0 Å². The summed E-state index contributed by atoms with van der Waals surface area (Å²) < 4.78 is 14.8. The van der Waals surface area contributed by atoms with Crippen molar-refractivity contribution in [2.75, 3.05) is 36.8 Å². The lowest BCUT2D eigenvalue weighted by molar-refractivity contribution is -0.139. The number of nitrogens with one attached hydrogen (secondary N) is 4. The van der Waals surface area contributed by atoms with Crippen molar-refractivity contribution in [2.24, 2.45) is 14.1 Å². The van der Waals surface area contributed by atoms with Crippen molar-refractivity contribution >= 4 is 47.3 Å². The lowest BCUT2D eigenvalue weighted by Gasteiger charge is -2.39. The average molecular weight is 1020 g/mol. The molecule has 22 nitrogen and oxygen atoms in total. The Morgan fingerprint density at radius 3 is 1.34 bits per heavy atom. The number of likely N-dealkylation sites (tertiary alicyclic amines) is 2. The maximum atomic E-state index is 12.3. The summed E-state index contributed by atoms with van der Waals surface area (Å²) in [4.78, 5) is 65.8. The van der Waals surface area contributed by atoms with E-state index in [1.165, 1.54) is 0 Å². The topological polar surface area (TPSA) is 269 Å². The fourth-order valence-electron chi connectivity index (χ4n) is 7.76. The number of rotatable bonds is 19. The van der Waals surface area contributed by atoms with Crippen LogP contribution in [-0.4, -0.2) is 134 Å². The molecule has 6 heterocycles. The van der Waals surface area contributed by atoms with Crippen LogP contribution in [0.5, 0.6) is 0 Å². The van der Waals surface area contributed by atoms with E-state index in [0.717, 1.165) is 56.1 Å². The Labute approximate surface area is 430 Å². The fourth-order valence-corrected chi connectivity index (χ4v) is 7.76. The van der Waals surface area contributed by atoms with E-state index in [4.69, 9.17) is 19.7 Å². The van der Waals surface area contributed by atoms with Crippen LogP contribution in [0.25, 0.3) is 22.5 Å². The van der Waals surface area contributed by atoms with E-state index in [1.807, 2.05) is 104 Å². The van der Waals surface area contributed by atoms with Crippen molar-refractivity contribution in [2.45, 2.75) is 105 Å². The molecular formula is C52H68N14O8. The smallest absolute Gasteiger partial charge is 0.317 e. The van der Waals surface area contributed by atoms with Crippen molar-refractivity contribution in [1.29, 1.82) is 0 Å². The Morgan fingerprint density at radius 1 is 0.622 bits per heavy atom. The highest BCUT2D eigenvalue weighted by Gasteiger charge is 2.33. The molecule has 74 heavy (non-hydrogen) atoms. The van der Waals surface area contributed by atoms with E-state index in [1.54, 1.807) is 44.0 Å². The minimum Gasteiger partial charge on any atom is -0.481 e. The van der Waals surface area contributed by atoms with Gasteiger partial charge in [0.1, 0.15) is 0 Å². The Morgan fingerprint density at radius 2 is 1.01 bits per heavy atom. The lowest BCUT2D eigenvalue weighted by atomic mass is 10.0. The summed E-state index contributed by atoms with van der Waals surface area (Å²) in [6.45, 7) is 15.6. The van der Waals surface area contributed by atoms with Crippen LogP contribution in [-0.2, 0) is 46.2 Å². The third kappa shape index (κ3) is 17.4. The number of carbonyl (C=O) groups is 4. The molecule has 0 atom stereocenters. The number of aryl methyl sites for hydroxylation is 4. The van der Waals surface area contributed by atoms with E-state index < -0.39 is 11.9 Å². The molecule has 0 aliphatic carbocycles. The summed E-state index contributed by atoms with van der Waals surface area (Å²) in [5, 5.41) is 36.9. The average Bonchev–Trinajstić information content (AvgIpc) is 3.94. The first kappa shape index (κ1) is 55.3. The highest BCUT2D eigenvalue weighted by atomic mass is 16.5. The molecular weight excluding hydrogens is 949 g/mol. The van der Waals surface area contributed by atoms with Crippen LogP contribution in [0.4, 0.5) is 32.9 Å². The molecule has 8 rings (SSSR count). The molecule has 2 aromatic carbocycles. The molecule has 0 unspecified atom stereocenters. The number of carboxylic acids is 2. The van der Waals surface area contributed by atoms with Crippen molar-refractivity contribution in [3.63, 3.8) is 0 Å². The lowest BCUT2D eigenvalue weighted by Crippen LogP contribution is -2.58. The maximum Gasteiger partial charge on any atom is 0.317 e. The number of aromatic nitrogens is 8. The SMILES string of the molecule is Cc1cc(-c2ccnc(Nc3cnn(C)c3)n2)ccc1CNC(=O)N1CC(OC(C)C)C1.Cc1cc(-c2ccnc(Nc3cnn(C)c3)n2)ccc1CNC(=O)N1CC(OC(C)C)C1.O=C(O)CCCCC(=O)O. The minimum absolute atomic E-state index is 0.0565. The quantitative estimate of drug-likeness (QED) is 0.0438. The van der Waals surface area contributed by atoms with Gasteiger partial charge in [0, 0.05) is 75.9 Å². The van der Waals surface area contributed by atoms with Gasteiger partial charge in [-0.3, -0.25) is 19.0 Å². The fraction of sp³-hybridized carbons (Fsp3) is 0.423. The van der Waals surface area contributed by atoms with E-state index >= 15 is 0 Å². The first-order valence-electron chi connectivity index (χ1n) is 24.5. The molecule has 2 saturated heterocycles. The maximum absolute atomic E-state index is 12.3. The number of anilines is 4. The number of hydrogen-bond donors (Lipinski definition) is 6. The largest absolute Gasteiger partial charge is 0.481 e. The third-order valence-corrected chi connectivity index (χ3v) is 11.6. The van der Waals surface area contributed by atoms with Gasteiger partial charge >= 0.3 is 24.0 Å². The monoisotopic (exact) mass is 1020 g/mol. The Hall–Kier alpha value is -7.98. The van der Waals surface area contributed by atoms with Gasteiger partial charge in [-0.05, 0) is 101 Å². The zero-order valence-electron chi connectivity index (χ0n) is 43.3. The first-order valence-corrected chi connectivity index (χ1v) is 24.5. The Balaban J connectivity index is 0.000000204. The summed E-state index contributed by atoms with van der Waals surface area (Å²) in [5.41, 5.74) is 9.61. The van der Waals surface area contributed by atoms with Crippen LogP contribution < -0.4 is 21.3 Å². The highest BCUT2D eigenvalue weighted by molar-refractivity contribution is 5.76. The second kappa shape index (κ2) is 26.6. The number of urea groups is 2. The predicted octanol–water partition coefficient (Wildman–Crippen LogP) is 7.21. The van der Waals surface area contributed by atoms with Crippen molar-refractivity contribution < 1.29 is 38.9 Å². The number of unbranched alkanes of at least 4 members (excludes halogenated alkanes) is 1. The molecule has 2 fully saturated rings. The molecule has 2 aliphatic heterocycles. The van der Waals surface area contributed by atoms with Crippen molar-refractivity contribution in [3.8, 4) is 22.5 Å². The van der Waals surface area contributed by atoms with Gasteiger partial charge in [0.25, 0.3) is 0 Å². The first-order chi connectivity index (χ1) is 35.4. The normalized spacial score (nSPS) is 13.2. The molecule has 6 N–H and O–H groups in total. The van der Waals surface area contributed by atoms with Crippen LogP contribution in [0.1, 0.15) is 75.6 Å². The number of amides is 4. The standard InChI is InChI=1S/2C23H29N7O2.C6H10O4/c2*1-15(2)32-20-13-30(14-20)23(31)25-10-18-6-5-17(9-16(18)3)21-7-8-24-22(28-21)27-19-11-26-29(4)12-19;7-5(8)3-1-2-4-6(9)10/h2*5-9,11-12,15,20H,10,13-14H2,1-4H3,(H,25,31)(H,24,27,28);1-4H2,(H,7,8)(H,9,10). The number of carboxylic acid groups (broad SMARTS) is 2. The van der Waals surface area contributed by atoms with Gasteiger partial charge in [0.05, 0.1) is 85.8 Å². The van der Waals surface area contributed by atoms with Gasteiger partial charge in [0.15, 0.2) is 0 Å². The van der Waals surface area contributed by atoms with Crippen LogP contribution in [0.2, 0.25) is 0 Å². The van der Waals surface area contributed by atoms with Crippen LogP contribution in [0.15, 0.2) is 85.7 Å². The van der Waals surface area contributed by atoms with E-state index in [2.05, 4.69) is 63.5 Å². The molecule has 4 amide bonds. The zero-order valence-corrected chi connectivity index (χ0v) is 43.3. The number of carbonyl (C=O) groups excluding carboxylic acids is 2. The molecule has 0 bridgehead atoms. The number of hydrogen-bond acceptors (Lipinski definition) is 14. The number of aliphatic carboxylic acids is 2. The summed E-state index contributed by atoms with van der Waals surface area (Å²) in [6.07, 6.45) is 12.3. The highest BCUT2D eigenvalue weighted by Crippen LogP contribution is 2.25. The van der Waals surface area contributed by atoms with Crippen molar-refractivity contribution in [3.05, 3.63) is 108 Å². The number of benzene rings is 2. The summed E-state index contributed by atoms with van der Waals surface area (Å²) in [5.74, 6) is -0.714. The second-order valence-electron chi connectivity index (χ2n) is 18.6. The molecule has 22 heteroatoms. The molecule has 4 aromatic heterocycles. The summed E-state index contributed by atoms with van der Waals surface area (Å²) in [7, 11) is 3.72. The molecule has 394 valence electrons. The van der Waals surface area contributed by atoms with Gasteiger partial charge in [0.2, 0.25) is 11.9 Å². The molecule has 2 aliphatic rings. The van der Waals surface area contributed by atoms with Crippen molar-refractivity contribution in [1.82, 2.24) is 59.9 Å². The summed E-state index contributed by atoms with van der Waals surface area (Å²) in [6, 6.07) is 15.9. The van der Waals surface area contributed by atoms with Crippen LogP contribution in [0, 0.1) is 13.8 Å².